The smallest absolute Gasteiger partial charge is 0.300 e. The zero-order valence-electron chi connectivity index (χ0n) is 27.3. The summed E-state index contributed by atoms with van der Waals surface area (Å²) in [5.74, 6) is -1.75. The quantitative estimate of drug-likeness (QED) is 0.180. The second-order valence-electron chi connectivity index (χ2n) is 12.1. The molecule has 6 rings (SSSR count). The standard InChI is InChI=1S/C22H24N2.C16H14O2.C2H4O2/c1-16-6-10-18(11-7-16)20-21(19-12-8-17(2)9-13-19)24-22(23-20)14-4-3-5-15-22;1-11-3-7-13(8-4-11)15(17)16(18)14-9-5-12(2)6-10-14;1-2(3)4/h6-13H,3-5,14-15H2,1-2H3;3-10H,1-2H3;1H3,(H,3,4). The zero-order chi connectivity index (χ0) is 33.3. The number of hydrogen-bond donors (Lipinski definition) is 1. The number of aliphatic imine (C=N–C) groups is 2. The van der Waals surface area contributed by atoms with Crippen molar-refractivity contribution in [3.05, 3.63) is 142 Å². The molecule has 2 aliphatic rings. The van der Waals surface area contributed by atoms with Gasteiger partial charge in [-0.3, -0.25) is 24.4 Å². The SMILES string of the molecule is CC(=O)O.Cc1ccc(C(=O)C(=O)c2ccc(C)cc2)cc1.Cc1ccc(C2=NC3(CCCCC3)N=C2c2ccc(C)cc2)cc1. The van der Waals surface area contributed by atoms with E-state index in [0.717, 1.165) is 42.3 Å². The predicted octanol–water partition coefficient (Wildman–Crippen LogP) is 8.72. The van der Waals surface area contributed by atoms with E-state index in [1.807, 2.05) is 38.1 Å². The first-order valence-electron chi connectivity index (χ1n) is 15.7. The number of ketones is 2. The van der Waals surface area contributed by atoms with Crippen LogP contribution >= 0.6 is 0 Å². The summed E-state index contributed by atoms with van der Waals surface area (Å²) in [6.45, 7) is 9.21. The van der Waals surface area contributed by atoms with Crippen LogP contribution < -0.4 is 0 Å². The van der Waals surface area contributed by atoms with Crippen molar-refractivity contribution in [2.75, 3.05) is 0 Å². The van der Waals surface area contributed by atoms with Crippen molar-refractivity contribution in [1.29, 1.82) is 0 Å². The maximum Gasteiger partial charge on any atom is 0.300 e. The second kappa shape index (κ2) is 15.3. The molecule has 4 aromatic rings. The van der Waals surface area contributed by atoms with Gasteiger partial charge in [0.1, 0.15) is 0 Å². The number of aliphatic carboxylic acids is 1. The van der Waals surface area contributed by atoms with Gasteiger partial charge in [0.25, 0.3) is 5.97 Å². The van der Waals surface area contributed by atoms with E-state index in [1.54, 1.807) is 24.3 Å². The fourth-order valence-corrected chi connectivity index (χ4v) is 5.39. The van der Waals surface area contributed by atoms with E-state index in [9.17, 15) is 9.59 Å². The largest absolute Gasteiger partial charge is 0.481 e. The van der Waals surface area contributed by atoms with Gasteiger partial charge < -0.3 is 5.11 Å². The number of nitrogens with zero attached hydrogens (tertiary/aromatic N) is 2. The molecule has 1 spiro atoms. The first-order valence-corrected chi connectivity index (χ1v) is 15.7. The molecule has 1 fully saturated rings. The normalized spacial score (nSPS) is 14.5. The van der Waals surface area contributed by atoms with Crippen LogP contribution in [0.4, 0.5) is 0 Å². The van der Waals surface area contributed by atoms with E-state index in [-0.39, 0.29) is 5.66 Å². The van der Waals surface area contributed by atoms with Crippen molar-refractivity contribution in [3.63, 3.8) is 0 Å². The molecular weight excluding hydrogens is 572 g/mol. The fourth-order valence-electron chi connectivity index (χ4n) is 5.39. The molecule has 1 heterocycles. The van der Waals surface area contributed by atoms with E-state index >= 15 is 0 Å². The Morgan fingerprint density at radius 2 is 0.804 bits per heavy atom. The molecule has 236 valence electrons. The Morgan fingerprint density at radius 3 is 1.11 bits per heavy atom. The van der Waals surface area contributed by atoms with E-state index in [1.165, 1.54) is 41.5 Å². The van der Waals surface area contributed by atoms with Crippen molar-refractivity contribution in [3.8, 4) is 0 Å². The number of rotatable bonds is 5. The van der Waals surface area contributed by atoms with Gasteiger partial charge in [0, 0.05) is 29.2 Å². The van der Waals surface area contributed by atoms with Gasteiger partial charge in [-0.1, -0.05) is 126 Å². The first-order chi connectivity index (χ1) is 22.0. The number of carbonyl (C=O) groups is 3. The van der Waals surface area contributed by atoms with Crippen molar-refractivity contribution in [1.82, 2.24) is 0 Å². The molecular formula is C40H42N2O4. The highest BCUT2D eigenvalue weighted by Crippen LogP contribution is 2.38. The van der Waals surface area contributed by atoms with Crippen molar-refractivity contribution >= 4 is 29.0 Å². The molecule has 4 aromatic carbocycles. The van der Waals surface area contributed by atoms with Crippen LogP contribution in [-0.2, 0) is 4.79 Å². The molecule has 0 unspecified atom stereocenters. The number of carbonyl (C=O) groups excluding carboxylic acids is 2. The van der Waals surface area contributed by atoms with Gasteiger partial charge in [0.2, 0.25) is 11.6 Å². The van der Waals surface area contributed by atoms with Crippen molar-refractivity contribution in [2.45, 2.75) is 72.4 Å². The molecule has 0 atom stereocenters. The van der Waals surface area contributed by atoms with Crippen molar-refractivity contribution in [2.24, 2.45) is 9.98 Å². The maximum atomic E-state index is 12.0. The Balaban J connectivity index is 0.000000194. The lowest BCUT2D eigenvalue weighted by atomic mass is 9.90. The average molecular weight is 615 g/mol. The van der Waals surface area contributed by atoms with Gasteiger partial charge in [-0.15, -0.1) is 0 Å². The van der Waals surface area contributed by atoms with E-state index in [4.69, 9.17) is 19.9 Å². The maximum absolute atomic E-state index is 12.0. The molecule has 1 aliphatic carbocycles. The van der Waals surface area contributed by atoms with Gasteiger partial charge >= 0.3 is 0 Å². The minimum absolute atomic E-state index is 0.210. The van der Waals surface area contributed by atoms with Crippen LogP contribution in [0.15, 0.2) is 107 Å². The predicted molar refractivity (Wildman–Crippen MR) is 186 cm³/mol. The summed E-state index contributed by atoms with van der Waals surface area (Å²) in [4.78, 5) is 43.3. The monoisotopic (exact) mass is 614 g/mol. The highest BCUT2D eigenvalue weighted by atomic mass is 16.4. The third kappa shape index (κ3) is 9.04. The first kappa shape index (κ1) is 33.9. The van der Waals surface area contributed by atoms with Crippen LogP contribution in [0.1, 0.15) is 93.1 Å². The fraction of sp³-hybridized carbons (Fsp3) is 0.275. The molecule has 6 heteroatoms. The van der Waals surface area contributed by atoms with Crippen LogP contribution in [-0.4, -0.2) is 39.7 Å². The Hall–Kier alpha value is -4.97. The summed E-state index contributed by atoms with van der Waals surface area (Å²) in [6, 6.07) is 31.4. The number of Topliss-reactive ketones (excluding diaryl/α,β-unsaturated/α-hetero) is 2. The highest BCUT2D eigenvalue weighted by molar-refractivity contribution is 6.54. The summed E-state index contributed by atoms with van der Waals surface area (Å²) in [7, 11) is 0. The Labute approximate surface area is 272 Å². The summed E-state index contributed by atoms with van der Waals surface area (Å²) >= 11 is 0. The molecule has 46 heavy (non-hydrogen) atoms. The van der Waals surface area contributed by atoms with Crippen LogP contribution in [0.3, 0.4) is 0 Å². The third-order valence-electron chi connectivity index (χ3n) is 8.00. The molecule has 6 nitrogen and oxygen atoms in total. The minimum atomic E-state index is -0.833. The lowest BCUT2D eigenvalue weighted by Gasteiger charge is -2.27. The molecule has 0 saturated heterocycles. The molecule has 0 aromatic heterocycles. The summed E-state index contributed by atoms with van der Waals surface area (Å²) in [5.41, 5.74) is 9.85. The van der Waals surface area contributed by atoms with Gasteiger partial charge in [0.05, 0.1) is 11.4 Å². The van der Waals surface area contributed by atoms with Crippen LogP contribution in [0, 0.1) is 27.7 Å². The zero-order valence-corrected chi connectivity index (χ0v) is 27.3. The molecule has 0 bridgehead atoms. The minimum Gasteiger partial charge on any atom is -0.481 e. The average Bonchev–Trinajstić information content (AvgIpc) is 3.40. The van der Waals surface area contributed by atoms with Crippen molar-refractivity contribution < 1.29 is 19.5 Å². The Bertz CT molecular complexity index is 1600. The lowest BCUT2D eigenvalue weighted by Crippen LogP contribution is -2.25. The number of benzene rings is 4. The molecule has 1 aliphatic heterocycles. The second-order valence-corrected chi connectivity index (χ2v) is 12.1. The number of carboxylic acid groups (broad SMARTS) is 1. The Morgan fingerprint density at radius 1 is 0.522 bits per heavy atom. The lowest BCUT2D eigenvalue weighted by molar-refractivity contribution is -0.134. The van der Waals surface area contributed by atoms with Gasteiger partial charge in [-0.25, -0.2) is 0 Å². The van der Waals surface area contributed by atoms with Gasteiger partial charge in [-0.2, -0.15) is 0 Å². The van der Waals surface area contributed by atoms with E-state index in [0.29, 0.717) is 11.1 Å². The third-order valence-corrected chi connectivity index (χ3v) is 8.00. The molecule has 0 radical (unpaired) electrons. The van der Waals surface area contributed by atoms with E-state index < -0.39 is 17.5 Å². The topological polar surface area (TPSA) is 96.2 Å². The van der Waals surface area contributed by atoms with Gasteiger partial charge in [0.15, 0.2) is 5.66 Å². The Kier molecular flexibility index (Phi) is 11.3. The highest BCUT2D eigenvalue weighted by Gasteiger charge is 2.37. The van der Waals surface area contributed by atoms with Crippen LogP contribution in [0.5, 0.6) is 0 Å². The van der Waals surface area contributed by atoms with E-state index in [2.05, 4.69) is 62.4 Å². The van der Waals surface area contributed by atoms with Crippen LogP contribution in [0.25, 0.3) is 0 Å². The molecule has 0 amide bonds. The molecule has 1 N–H and O–H groups in total. The number of carboxylic acids is 1. The number of aryl methyl sites for hydroxylation is 4. The summed E-state index contributed by atoms with van der Waals surface area (Å²) in [6.07, 6.45) is 5.94. The summed E-state index contributed by atoms with van der Waals surface area (Å²) < 4.78 is 0. The van der Waals surface area contributed by atoms with Crippen LogP contribution in [0.2, 0.25) is 0 Å². The van der Waals surface area contributed by atoms with Gasteiger partial charge in [-0.05, 0) is 53.4 Å². The molecule has 1 saturated carbocycles. The summed E-state index contributed by atoms with van der Waals surface area (Å²) in [5, 5.41) is 7.42. The number of hydrogen-bond acceptors (Lipinski definition) is 5.